The zero-order chi connectivity index (χ0) is 33.8. The van der Waals surface area contributed by atoms with Crippen LogP contribution < -0.4 is 15.4 Å². The van der Waals surface area contributed by atoms with Crippen molar-refractivity contribution in [1.29, 1.82) is 0 Å². The fourth-order valence-electron chi connectivity index (χ4n) is 4.75. The molecule has 17 heteroatoms. The smallest absolute Gasteiger partial charge is 0.272 e. The molecule has 0 aliphatic rings. The molecule has 0 unspecified atom stereocenters. The quantitative estimate of drug-likeness (QED) is 0.0775. The molecular weight excluding hydrogens is 679 g/mol. The summed E-state index contributed by atoms with van der Waals surface area (Å²) in [5.74, 6) is -1.59. The van der Waals surface area contributed by atoms with Gasteiger partial charge < -0.3 is 24.9 Å². The van der Waals surface area contributed by atoms with Crippen LogP contribution >= 0.6 is 11.6 Å². The fraction of sp³-hybridized carbons (Fsp3) is 0.200. The van der Waals surface area contributed by atoms with Crippen molar-refractivity contribution in [2.24, 2.45) is 0 Å². The second-order valence-corrected chi connectivity index (χ2v) is 13.6. The molecule has 5 aromatic rings. The molecule has 0 aliphatic carbocycles. The van der Waals surface area contributed by atoms with Gasteiger partial charge in [0, 0.05) is 23.2 Å². The highest BCUT2D eigenvalue weighted by Gasteiger charge is 2.23. The number of nitrogens with one attached hydrogen (secondary N) is 2. The van der Waals surface area contributed by atoms with E-state index in [1.165, 1.54) is 36.4 Å². The van der Waals surface area contributed by atoms with E-state index >= 15 is 0 Å². The highest BCUT2D eigenvalue weighted by Crippen LogP contribution is 2.37. The summed E-state index contributed by atoms with van der Waals surface area (Å²) in [5.41, 5.74) is 1.31. The summed E-state index contributed by atoms with van der Waals surface area (Å²) < 4.78 is 92.6. The van der Waals surface area contributed by atoms with Gasteiger partial charge in [0.05, 0.1) is 23.7 Å². The summed E-state index contributed by atoms with van der Waals surface area (Å²) in [4.78, 5) is 8.52. The van der Waals surface area contributed by atoms with Gasteiger partial charge in [-0.05, 0) is 65.7 Å². The molecular formula is C30H28ClFN4O9S2. The molecule has 0 fully saturated rings. The van der Waals surface area contributed by atoms with Crippen LogP contribution in [0.1, 0.15) is 22.7 Å². The molecule has 0 saturated carbocycles. The van der Waals surface area contributed by atoms with Gasteiger partial charge in [-0.1, -0.05) is 23.7 Å². The molecule has 3 aromatic carbocycles. The lowest BCUT2D eigenvalue weighted by atomic mass is 10.0. The molecule has 13 nitrogen and oxygen atoms in total. The third-order valence-electron chi connectivity index (χ3n) is 6.65. The lowest BCUT2D eigenvalue weighted by Crippen LogP contribution is -2.16. The van der Waals surface area contributed by atoms with Crippen LogP contribution in [0.15, 0.2) is 71.1 Å². The molecule has 5 N–H and O–H groups in total. The third kappa shape index (κ3) is 9.23. The molecule has 2 aromatic heterocycles. The summed E-state index contributed by atoms with van der Waals surface area (Å²) in [6.07, 6.45) is 0. The first-order valence-electron chi connectivity index (χ1n) is 13.9. The average molecular weight is 707 g/mol. The van der Waals surface area contributed by atoms with Gasteiger partial charge in [-0.25, -0.2) is 14.4 Å². The van der Waals surface area contributed by atoms with Crippen molar-refractivity contribution >= 4 is 54.2 Å². The van der Waals surface area contributed by atoms with Crippen LogP contribution in [0.4, 0.5) is 15.9 Å². The summed E-state index contributed by atoms with van der Waals surface area (Å²) in [6.45, 7) is 0.553. The summed E-state index contributed by atoms with van der Waals surface area (Å²) >= 11 is 6.47. The second-order valence-electron chi connectivity index (χ2n) is 10.3. The van der Waals surface area contributed by atoms with Crippen LogP contribution in [-0.2, 0) is 44.9 Å². The Hall–Kier alpha value is -4.16. The van der Waals surface area contributed by atoms with Crippen LogP contribution in [0.2, 0.25) is 5.02 Å². The van der Waals surface area contributed by atoms with Crippen LogP contribution in [0, 0.1) is 5.82 Å². The van der Waals surface area contributed by atoms with Gasteiger partial charge in [0.1, 0.15) is 52.8 Å². The largest absolute Gasteiger partial charge is 0.487 e. The Morgan fingerprint density at radius 2 is 1.72 bits per heavy atom. The number of hydrogen-bond acceptors (Lipinski definition) is 11. The molecule has 5 rings (SSSR count). The van der Waals surface area contributed by atoms with Crippen LogP contribution in [-0.4, -0.2) is 54.2 Å². The minimum atomic E-state index is -4.64. The molecule has 0 radical (unpaired) electrons. The van der Waals surface area contributed by atoms with Crippen molar-refractivity contribution < 1.29 is 44.6 Å². The monoisotopic (exact) mass is 706 g/mol. The number of benzene rings is 3. The van der Waals surface area contributed by atoms with E-state index in [1.54, 1.807) is 30.3 Å². The number of furan rings is 1. The van der Waals surface area contributed by atoms with Crippen LogP contribution in [0.3, 0.4) is 0 Å². The Morgan fingerprint density at radius 3 is 2.43 bits per heavy atom. The first-order valence-corrected chi connectivity index (χ1v) is 17.4. The topological polar surface area (TPSA) is 201 Å². The van der Waals surface area contributed by atoms with Crippen molar-refractivity contribution in [3.63, 3.8) is 0 Å². The maximum absolute atomic E-state index is 13.6. The maximum atomic E-state index is 13.6. The van der Waals surface area contributed by atoms with Gasteiger partial charge in [-0.3, -0.25) is 9.11 Å². The number of fused-ring (bicyclic) bond motifs is 1. The number of rotatable bonds is 14. The van der Waals surface area contributed by atoms with Gasteiger partial charge >= 0.3 is 0 Å². The fourth-order valence-corrected chi connectivity index (χ4v) is 6.11. The van der Waals surface area contributed by atoms with Crippen molar-refractivity contribution in [2.45, 2.75) is 24.7 Å². The highest BCUT2D eigenvalue weighted by atomic mass is 35.5. The Kier molecular flexibility index (Phi) is 10.4. The van der Waals surface area contributed by atoms with E-state index in [0.29, 0.717) is 23.6 Å². The van der Waals surface area contributed by atoms with E-state index in [0.717, 1.165) is 0 Å². The Balaban J connectivity index is 1.58. The number of aromatic nitrogens is 2. The number of ether oxygens (including phenoxy) is 1. The summed E-state index contributed by atoms with van der Waals surface area (Å²) in [5, 5.41) is 15.3. The Bertz CT molecular complexity index is 2140. The first kappa shape index (κ1) is 34.2. The first-order chi connectivity index (χ1) is 22.3. The van der Waals surface area contributed by atoms with E-state index < -0.39 is 37.6 Å². The van der Waals surface area contributed by atoms with Crippen molar-refractivity contribution in [2.75, 3.05) is 18.5 Å². The lowest BCUT2D eigenvalue weighted by molar-refractivity contribution is 0.290. The van der Waals surface area contributed by atoms with E-state index in [1.807, 2.05) is 0 Å². The molecule has 0 amide bonds. The molecule has 2 heterocycles. The summed E-state index contributed by atoms with van der Waals surface area (Å²) in [6, 6.07) is 16.7. The second kappa shape index (κ2) is 14.3. The number of aliphatic hydroxyl groups excluding tert-OH is 1. The Morgan fingerprint density at radius 1 is 0.936 bits per heavy atom. The van der Waals surface area contributed by atoms with Crippen LogP contribution in [0.5, 0.6) is 5.75 Å². The molecule has 0 saturated heterocycles. The van der Waals surface area contributed by atoms with E-state index in [9.17, 15) is 30.3 Å². The van der Waals surface area contributed by atoms with Gasteiger partial charge in [0.15, 0.2) is 0 Å². The highest BCUT2D eigenvalue weighted by molar-refractivity contribution is 7.85. The van der Waals surface area contributed by atoms with Crippen molar-refractivity contribution in [1.82, 2.24) is 15.3 Å². The molecule has 0 bridgehead atoms. The van der Waals surface area contributed by atoms with Crippen LogP contribution in [0.25, 0.3) is 22.2 Å². The predicted octanol–water partition coefficient (Wildman–Crippen LogP) is 4.86. The normalized spacial score (nSPS) is 12.0. The van der Waals surface area contributed by atoms with E-state index in [4.69, 9.17) is 25.9 Å². The SMILES string of the molecule is O=S(=O)(O)Cc1nc(Nc2ccc(OCc3cccc(F)c3)c(Cl)c2)c2c(CS(=O)(=O)O)c(-c3ccc(CNCCO)o3)ccc2n1. The molecule has 0 aliphatic heterocycles. The number of aliphatic hydroxyl groups is 1. The van der Waals surface area contributed by atoms with E-state index in [2.05, 4.69) is 20.6 Å². The summed E-state index contributed by atoms with van der Waals surface area (Å²) in [7, 11) is -9.21. The average Bonchev–Trinajstić information content (AvgIpc) is 3.44. The molecule has 0 spiro atoms. The minimum absolute atomic E-state index is 0.0353. The van der Waals surface area contributed by atoms with Gasteiger partial charge in [-0.15, -0.1) is 0 Å². The predicted molar refractivity (Wildman–Crippen MR) is 172 cm³/mol. The third-order valence-corrected chi connectivity index (χ3v) is 8.22. The zero-order valence-corrected chi connectivity index (χ0v) is 26.7. The minimum Gasteiger partial charge on any atom is -0.487 e. The van der Waals surface area contributed by atoms with Crippen molar-refractivity contribution in [3.05, 3.63) is 100 Å². The number of hydrogen-bond donors (Lipinski definition) is 5. The van der Waals surface area contributed by atoms with Gasteiger partial charge in [0.25, 0.3) is 20.2 Å². The molecule has 47 heavy (non-hydrogen) atoms. The van der Waals surface area contributed by atoms with E-state index in [-0.39, 0.29) is 70.0 Å². The standard InChI is InChI=1S/C30H28ClFN4O9S2/c31-24-13-20(4-8-27(24)44-15-18-2-1-3-19(32)12-18)34-30-29-23(16-46(38,39)40)22(26-9-5-21(45-26)14-33-10-11-37)6-7-25(29)35-28(36-30)17-47(41,42)43/h1-9,12-13,33,37H,10-11,14-17H2,(H,34,35,36)(H,38,39,40)(H,41,42,43). The lowest BCUT2D eigenvalue weighted by Gasteiger charge is -2.16. The van der Waals surface area contributed by atoms with Crippen molar-refractivity contribution in [3.8, 4) is 17.1 Å². The Labute approximate surface area is 273 Å². The van der Waals surface area contributed by atoms with Gasteiger partial charge in [-0.2, -0.15) is 16.8 Å². The molecule has 248 valence electrons. The number of anilines is 2. The molecule has 0 atom stereocenters. The maximum Gasteiger partial charge on any atom is 0.272 e. The number of halogens is 2. The number of nitrogens with zero attached hydrogens (tertiary/aromatic N) is 2. The zero-order valence-electron chi connectivity index (χ0n) is 24.4. The van der Waals surface area contributed by atoms with Gasteiger partial charge in [0.2, 0.25) is 0 Å².